The van der Waals surface area contributed by atoms with Crippen LogP contribution in [0.2, 0.25) is 0 Å². The van der Waals surface area contributed by atoms with Gasteiger partial charge >= 0.3 is 12.1 Å². The number of amides is 1. The van der Waals surface area contributed by atoms with Gasteiger partial charge in [-0.1, -0.05) is 49.6 Å². The summed E-state index contributed by atoms with van der Waals surface area (Å²) in [4.78, 5) is 25.3. The summed E-state index contributed by atoms with van der Waals surface area (Å²) in [6.45, 7) is 0.179. The minimum Gasteiger partial charge on any atom is -0.480 e. The topological polar surface area (TPSA) is 66.8 Å². The van der Waals surface area contributed by atoms with Crippen molar-refractivity contribution in [3.05, 3.63) is 35.9 Å². The third-order valence-corrected chi connectivity index (χ3v) is 4.87. The van der Waals surface area contributed by atoms with Crippen molar-refractivity contribution in [3.63, 3.8) is 0 Å². The summed E-state index contributed by atoms with van der Waals surface area (Å²) in [7, 11) is 0. The van der Waals surface area contributed by atoms with Gasteiger partial charge in [-0.2, -0.15) is 0 Å². The molecule has 1 aliphatic carbocycles. The molecule has 1 aromatic rings. The first-order valence-electron chi connectivity index (χ1n) is 7.85. The number of carboxylic acid groups (broad SMARTS) is 1. The predicted octanol–water partition coefficient (Wildman–Crippen LogP) is 3.19. The van der Waals surface area contributed by atoms with E-state index in [4.69, 9.17) is 4.74 Å². The number of hydrogen-bond acceptors (Lipinski definition) is 3. The SMILES string of the molecule is O=C(O)C1CC2(CCCCC2)N1C(=O)OCc1ccccc1. The molecule has 2 fully saturated rings. The Morgan fingerprint density at radius 2 is 1.86 bits per heavy atom. The van der Waals surface area contributed by atoms with Gasteiger partial charge in [-0.15, -0.1) is 0 Å². The minimum atomic E-state index is -0.937. The smallest absolute Gasteiger partial charge is 0.411 e. The molecule has 2 aliphatic rings. The first-order valence-corrected chi connectivity index (χ1v) is 7.85. The lowest BCUT2D eigenvalue weighted by atomic mass is 9.69. The van der Waals surface area contributed by atoms with Crippen molar-refractivity contribution >= 4 is 12.1 Å². The highest BCUT2D eigenvalue weighted by Gasteiger charge is 2.57. The highest BCUT2D eigenvalue weighted by molar-refractivity contribution is 5.83. The molecule has 5 heteroatoms. The zero-order valence-electron chi connectivity index (χ0n) is 12.5. The molecule has 1 aliphatic heterocycles. The Hall–Kier alpha value is -2.04. The van der Waals surface area contributed by atoms with Crippen molar-refractivity contribution in [2.45, 2.75) is 56.7 Å². The molecule has 1 atom stereocenters. The molecule has 1 saturated carbocycles. The van der Waals surface area contributed by atoms with Gasteiger partial charge in [0.25, 0.3) is 0 Å². The Morgan fingerprint density at radius 3 is 2.50 bits per heavy atom. The van der Waals surface area contributed by atoms with Gasteiger partial charge in [-0.3, -0.25) is 4.90 Å². The van der Waals surface area contributed by atoms with Crippen molar-refractivity contribution in [2.75, 3.05) is 0 Å². The van der Waals surface area contributed by atoms with Gasteiger partial charge in [0.05, 0.1) is 0 Å². The summed E-state index contributed by atoms with van der Waals surface area (Å²) in [5.41, 5.74) is 0.621. The van der Waals surface area contributed by atoms with Crippen LogP contribution in [0.15, 0.2) is 30.3 Å². The van der Waals surface area contributed by atoms with Crippen molar-refractivity contribution in [1.29, 1.82) is 0 Å². The van der Waals surface area contributed by atoms with Gasteiger partial charge in [0.15, 0.2) is 0 Å². The highest BCUT2D eigenvalue weighted by Crippen LogP contribution is 2.47. The van der Waals surface area contributed by atoms with E-state index in [2.05, 4.69) is 0 Å². The van der Waals surface area contributed by atoms with Crippen LogP contribution in [0.1, 0.15) is 44.1 Å². The molecule has 0 radical (unpaired) electrons. The van der Waals surface area contributed by atoms with Crippen LogP contribution >= 0.6 is 0 Å². The van der Waals surface area contributed by atoms with Crippen molar-refractivity contribution in [1.82, 2.24) is 4.90 Å². The van der Waals surface area contributed by atoms with Gasteiger partial charge in [0.2, 0.25) is 0 Å². The first-order chi connectivity index (χ1) is 10.6. The van der Waals surface area contributed by atoms with Crippen LogP contribution < -0.4 is 0 Å². The molecule has 1 aromatic carbocycles. The van der Waals surface area contributed by atoms with Crippen molar-refractivity contribution < 1.29 is 19.4 Å². The van der Waals surface area contributed by atoms with E-state index in [9.17, 15) is 14.7 Å². The molecule has 1 N–H and O–H groups in total. The van der Waals surface area contributed by atoms with E-state index in [-0.39, 0.29) is 12.1 Å². The van der Waals surface area contributed by atoms with E-state index in [1.807, 2.05) is 30.3 Å². The fourth-order valence-corrected chi connectivity index (χ4v) is 3.73. The molecular weight excluding hydrogens is 282 g/mol. The van der Waals surface area contributed by atoms with Crippen LogP contribution in [-0.2, 0) is 16.1 Å². The van der Waals surface area contributed by atoms with Crippen LogP contribution in [0, 0.1) is 0 Å². The van der Waals surface area contributed by atoms with Gasteiger partial charge in [0.1, 0.15) is 12.6 Å². The lowest BCUT2D eigenvalue weighted by Gasteiger charge is -2.57. The summed E-state index contributed by atoms with van der Waals surface area (Å²) in [6, 6.07) is 8.70. The number of carbonyl (C=O) groups is 2. The largest absolute Gasteiger partial charge is 0.480 e. The van der Waals surface area contributed by atoms with E-state index < -0.39 is 18.1 Å². The average Bonchev–Trinajstić information content (AvgIpc) is 2.52. The van der Waals surface area contributed by atoms with E-state index in [1.54, 1.807) is 0 Å². The molecule has 5 nitrogen and oxygen atoms in total. The fourth-order valence-electron chi connectivity index (χ4n) is 3.73. The number of aliphatic carboxylic acids is 1. The Bertz CT molecular complexity index is 551. The number of ether oxygens (including phenoxy) is 1. The molecule has 1 spiro atoms. The summed E-state index contributed by atoms with van der Waals surface area (Å²) in [5, 5.41) is 9.30. The third kappa shape index (κ3) is 2.67. The maximum absolute atomic E-state index is 12.4. The zero-order chi connectivity index (χ0) is 15.6. The van der Waals surface area contributed by atoms with E-state index >= 15 is 0 Å². The van der Waals surface area contributed by atoms with Crippen LogP contribution in [0.4, 0.5) is 4.79 Å². The van der Waals surface area contributed by atoms with Crippen LogP contribution in [0.5, 0.6) is 0 Å². The van der Waals surface area contributed by atoms with Gasteiger partial charge in [0, 0.05) is 12.0 Å². The number of benzene rings is 1. The third-order valence-electron chi connectivity index (χ3n) is 4.87. The summed E-state index contributed by atoms with van der Waals surface area (Å²) >= 11 is 0. The number of likely N-dealkylation sites (tertiary alicyclic amines) is 1. The number of carboxylic acids is 1. The molecule has 0 bridgehead atoms. The first kappa shape index (κ1) is 14.9. The molecule has 1 amide bonds. The summed E-state index contributed by atoms with van der Waals surface area (Å²) in [5.74, 6) is -0.937. The van der Waals surface area contributed by atoms with E-state index in [0.29, 0.717) is 6.42 Å². The maximum atomic E-state index is 12.4. The number of nitrogens with zero attached hydrogens (tertiary/aromatic N) is 1. The van der Waals surface area contributed by atoms with Gasteiger partial charge < -0.3 is 9.84 Å². The number of rotatable bonds is 3. The standard InChI is InChI=1S/C17H21NO4/c19-15(20)14-11-17(9-5-2-6-10-17)18(14)16(21)22-12-13-7-3-1-4-8-13/h1,3-4,7-8,14H,2,5-6,9-12H2,(H,19,20). The van der Waals surface area contributed by atoms with E-state index in [0.717, 1.165) is 37.7 Å². The van der Waals surface area contributed by atoms with Crippen LogP contribution in [0.3, 0.4) is 0 Å². The normalized spacial score (nSPS) is 22.9. The van der Waals surface area contributed by atoms with Gasteiger partial charge in [-0.05, 0) is 18.4 Å². The van der Waals surface area contributed by atoms with E-state index in [1.165, 1.54) is 4.90 Å². The Morgan fingerprint density at radius 1 is 1.18 bits per heavy atom. The molecule has 1 unspecified atom stereocenters. The summed E-state index contributed by atoms with van der Waals surface area (Å²) < 4.78 is 5.36. The Balaban J connectivity index is 1.68. The second kappa shape index (κ2) is 5.99. The molecular formula is C17H21NO4. The second-order valence-corrected chi connectivity index (χ2v) is 6.25. The Kier molecular flexibility index (Phi) is 4.05. The van der Waals surface area contributed by atoms with Crippen LogP contribution in [-0.4, -0.2) is 33.6 Å². The zero-order valence-corrected chi connectivity index (χ0v) is 12.5. The van der Waals surface area contributed by atoms with Crippen molar-refractivity contribution in [2.24, 2.45) is 0 Å². The molecule has 22 heavy (non-hydrogen) atoms. The second-order valence-electron chi connectivity index (χ2n) is 6.25. The van der Waals surface area contributed by atoms with Gasteiger partial charge in [-0.25, -0.2) is 9.59 Å². The molecule has 1 heterocycles. The fraction of sp³-hybridized carbons (Fsp3) is 0.529. The Labute approximate surface area is 129 Å². The number of hydrogen-bond donors (Lipinski definition) is 1. The predicted molar refractivity (Wildman–Crippen MR) is 80.3 cm³/mol. The number of carbonyl (C=O) groups excluding carboxylic acids is 1. The monoisotopic (exact) mass is 303 g/mol. The van der Waals surface area contributed by atoms with Crippen molar-refractivity contribution in [3.8, 4) is 0 Å². The molecule has 118 valence electrons. The van der Waals surface area contributed by atoms with Crippen LogP contribution in [0.25, 0.3) is 0 Å². The average molecular weight is 303 g/mol. The lowest BCUT2D eigenvalue weighted by Crippen LogP contribution is -2.70. The summed E-state index contributed by atoms with van der Waals surface area (Å²) in [6.07, 6.45) is 5.09. The molecule has 1 saturated heterocycles. The quantitative estimate of drug-likeness (QED) is 0.931. The lowest BCUT2D eigenvalue weighted by molar-refractivity contribution is -0.161. The molecule has 0 aromatic heterocycles. The maximum Gasteiger partial charge on any atom is 0.411 e. The molecule has 3 rings (SSSR count). The minimum absolute atomic E-state index is 0.179. The highest BCUT2D eigenvalue weighted by atomic mass is 16.6.